The van der Waals surface area contributed by atoms with E-state index in [2.05, 4.69) is 37.8 Å². The summed E-state index contributed by atoms with van der Waals surface area (Å²) in [7, 11) is -3.99. The van der Waals surface area contributed by atoms with Gasteiger partial charge in [-0.3, -0.25) is 14.9 Å². The Morgan fingerprint density at radius 1 is 1.12 bits per heavy atom. The van der Waals surface area contributed by atoms with Crippen LogP contribution in [0.25, 0.3) is 0 Å². The van der Waals surface area contributed by atoms with Gasteiger partial charge in [-0.1, -0.05) is 48.0 Å². The fourth-order valence-electron chi connectivity index (χ4n) is 2.91. The van der Waals surface area contributed by atoms with Crippen molar-refractivity contribution in [2.24, 2.45) is 5.10 Å². The van der Waals surface area contributed by atoms with Crippen molar-refractivity contribution in [2.45, 2.75) is 17.4 Å². The van der Waals surface area contributed by atoms with E-state index in [1.165, 1.54) is 36.5 Å². The van der Waals surface area contributed by atoms with Crippen LogP contribution in [0.4, 0.5) is 5.69 Å². The van der Waals surface area contributed by atoms with Gasteiger partial charge in [0.25, 0.3) is 11.6 Å². The predicted octanol–water partition coefficient (Wildman–Crippen LogP) is 3.89. The first kappa shape index (κ1) is 25.7. The highest BCUT2D eigenvalue weighted by molar-refractivity contribution is 14.1. The van der Waals surface area contributed by atoms with Crippen molar-refractivity contribution < 1.29 is 18.1 Å². The van der Waals surface area contributed by atoms with Gasteiger partial charge >= 0.3 is 0 Å². The maximum absolute atomic E-state index is 12.9. The fourth-order valence-corrected chi connectivity index (χ4v) is 4.65. The lowest BCUT2D eigenvalue weighted by Gasteiger charge is -2.17. The van der Waals surface area contributed by atoms with Crippen molar-refractivity contribution in [3.8, 4) is 0 Å². The monoisotopic (exact) mass is 612 g/mol. The van der Waals surface area contributed by atoms with Gasteiger partial charge < -0.3 is 0 Å². The molecule has 0 aliphatic heterocycles. The molecule has 0 radical (unpaired) electrons. The Labute approximate surface area is 214 Å². The van der Waals surface area contributed by atoms with Crippen LogP contribution in [0.2, 0.25) is 5.02 Å². The second-order valence-electron chi connectivity index (χ2n) is 7.02. The Hall–Kier alpha value is -2.87. The lowest BCUT2D eigenvalue weighted by Crippen LogP contribution is -2.46. The minimum atomic E-state index is -3.99. The number of sulfonamides is 1. The molecule has 3 rings (SSSR count). The Bertz CT molecular complexity index is 1320. The van der Waals surface area contributed by atoms with Crippen LogP contribution in [0.3, 0.4) is 0 Å². The zero-order valence-corrected chi connectivity index (χ0v) is 21.1. The van der Waals surface area contributed by atoms with Crippen molar-refractivity contribution >= 4 is 62.0 Å². The number of hydrazone groups is 1. The second kappa shape index (κ2) is 11.5. The normalized spacial score (nSPS) is 12.4. The molecule has 3 aromatic rings. The van der Waals surface area contributed by atoms with Gasteiger partial charge in [0, 0.05) is 15.2 Å². The summed E-state index contributed by atoms with van der Waals surface area (Å²) >= 11 is 7.86. The molecule has 0 heterocycles. The van der Waals surface area contributed by atoms with Crippen molar-refractivity contribution in [1.29, 1.82) is 0 Å². The molecule has 2 N–H and O–H groups in total. The van der Waals surface area contributed by atoms with Gasteiger partial charge in [-0.15, -0.1) is 0 Å². The first-order chi connectivity index (χ1) is 16.2. The van der Waals surface area contributed by atoms with Gasteiger partial charge in [0.1, 0.15) is 11.1 Å². The molecule has 0 fully saturated rings. The molecule has 1 amide bonds. The number of nitro benzene ring substituents is 1. The van der Waals surface area contributed by atoms with E-state index in [0.29, 0.717) is 5.56 Å². The first-order valence-corrected chi connectivity index (χ1v) is 12.7. The summed E-state index contributed by atoms with van der Waals surface area (Å²) in [5.41, 5.74) is 3.07. The largest absolute Gasteiger partial charge is 0.288 e. The number of hydrogen-bond donors (Lipinski definition) is 2. The Morgan fingerprint density at radius 3 is 2.44 bits per heavy atom. The average molecular weight is 613 g/mol. The van der Waals surface area contributed by atoms with E-state index in [0.717, 1.165) is 9.13 Å². The van der Waals surface area contributed by atoms with Crippen LogP contribution in [-0.2, 0) is 21.2 Å². The molecule has 0 spiro atoms. The molecule has 12 heteroatoms. The highest BCUT2D eigenvalue weighted by atomic mass is 127. The number of rotatable bonds is 9. The molecular formula is C22H18ClIN4O5S. The van der Waals surface area contributed by atoms with Crippen LogP contribution in [0.15, 0.2) is 82.8 Å². The molecule has 176 valence electrons. The summed E-state index contributed by atoms with van der Waals surface area (Å²) in [5.74, 6) is -0.697. The molecule has 0 saturated heterocycles. The smallest absolute Gasteiger partial charge is 0.271 e. The lowest BCUT2D eigenvalue weighted by atomic mass is 10.1. The molecule has 9 nitrogen and oxygen atoms in total. The zero-order chi connectivity index (χ0) is 24.7. The summed E-state index contributed by atoms with van der Waals surface area (Å²) < 4.78 is 29.0. The van der Waals surface area contributed by atoms with E-state index in [-0.39, 0.29) is 22.0 Å². The molecule has 1 atom stereocenters. The summed E-state index contributed by atoms with van der Waals surface area (Å²) in [4.78, 5) is 23.3. The number of nitro groups is 1. The van der Waals surface area contributed by atoms with E-state index in [1.54, 1.807) is 36.4 Å². The van der Waals surface area contributed by atoms with E-state index in [9.17, 15) is 23.3 Å². The van der Waals surface area contributed by atoms with Gasteiger partial charge in [0.2, 0.25) is 10.0 Å². The van der Waals surface area contributed by atoms with Crippen molar-refractivity contribution in [1.82, 2.24) is 10.1 Å². The number of hydrogen-bond acceptors (Lipinski definition) is 6. The molecular weight excluding hydrogens is 595 g/mol. The molecule has 3 aromatic carbocycles. The standard InChI is InChI=1S/C22H18ClIN4O5S/c23-19-11-6-16(13-21(19)28(30)31)14-25-26-22(29)20(12-15-4-2-1-3-5-15)27-34(32,33)18-9-7-17(24)8-10-18/h1-11,13-14,20,27H,12H2,(H,26,29)/b25-14-/t20-/m1/s1. The molecule has 0 aromatic heterocycles. The molecule has 0 aliphatic carbocycles. The minimum Gasteiger partial charge on any atom is -0.271 e. The van der Waals surface area contributed by atoms with E-state index in [4.69, 9.17) is 11.6 Å². The van der Waals surface area contributed by atoms with Crippen molar-refractivity contribution in [2.75, 3.05) is 0 Å². The van der Waals surface area contributed by atoms with Gasteiger partial charge in [-0.25, -0.2) is 13.8 Å². The number of benzene rings is 3. The summed E-state index contributed by atoms with van der Waals surface area (Å²) in [6, 6.07) is 18.0. The molecule has 0 bridgehead atoms. The van der Waals surface area contributed by atoms with Crippen LogP contribution in [0, 0.1) is 13.7 Å². The number of carbonyl (C=O) groups excluding carboxylic acids is 1. The third-order valence-corrected chi connectivity index (χ3v) is 7.10. The Morgan fingerprint density at radius 2 is 1.79 bits per heavy atom. The average Bonchev–Trinajstić information content (AvgIpc) is 2.80. The highest BCUT2D eigenvalue weighted by Crippen LogP contribution is 2.24. The van der Waals surface area contributed by atoms with E-state index >= 15 is 0 Å². The minimum absolute atomic E-state index is 0.0238. The van der Waals surface area contributed by atoms with Crippen LogP contribution in [-0.4, -0.2) is 31.5 Å². The predicted molar refractivity (Wildman–Crippen MR) is 137 cm³/mol. The Kier molecular flexibility index (Phi) is 8.72. The zero-order valence-electron chi connectivity index (χ0n) is 17.4. The topological polar surface area (TPSA) is 131 Å². The van der Waals surface area contributed by atoms with Gasteiger partial charge in [0.15, 0.2) is 0 Å². The Balaban J connectivity index is 1.79. The number of nitrogens with zero attached hydrogens (tertiary/aromatic N) is 2. The van der Waals surface area contributed by atoms with Crippen molar-refractivity contribution in [3.05, 3.63) is 103 Å². The highest BCUT2D eigenvalue weighted by Gasteiger charge is 2.26. The van der Waals surface area contributed by atoms with Gasteiger partial charge in [-0.05, 0) is 64.9 Å². The lowest BCUT2D eigenvalue weighted by molar-refractivity contribution is -0.384. The molecule has 0 saturated carbocycles. The molecule has 34 heavy (non-hydrogen) atoms. The van der Waals surface area contributed by atoms with E-state index < -0.39 is 26.9 Å². The number of nitrogens with one attached hydrogen (secondary N) is 2. The van der Waals surface area contributed by atoms with Crippen LogP contribution in [0.5, 0.6) is 0 Å². The number of halogens is 2. The first-order valence-electron chi connectivity index (χ1n) is 9.74. The maximum atomic E-state index is 12.9. The summed E-state index contributed by atoms with van der Waals surface area (Å²) in [6.45, 7) is 0. The third-order valence-electron chi connectivity index (χ3n) is 4.58. The maximum Gasteiger partial charge on any atom is 0.288 e. The van der Waals surface area contributed by atoms with Gasteiger partial charge in [0.05, 0.1) is 16.0 Å². The van der Waals surface area contributed by atoms with Crippen LogP contribution < -0.4 is 10.1 Å². The summed E-state index contributed by atoms with van der Waals surface area (Å²) in [6.07, 6.45) is 1.28. The SMILES string of the molecule is O=C(N/N=C\c1ccc(Cl)c([N+](=O)[O-])c1)[C@@H](Cc1ccccc1)NS(=O)(=O)c1ccc(I)cc1. The number of carbonyl (C=O) groups is 1. The van der Waals surface area contributed by atoms with Crippen LogP contribution >= 0.6 is 34.2 Å². The number of amides is 1. The fraction of sp³-hybridized carbons (Fsp3) is 0.0909. The second-order valence-corrected chi connectivity index (χ2v) is 10.4. The third kappa shape index (κ3) is 7.06. The van der Waals surface area contributed by atoms with Gasteiger partial charge in [-0.2, -0.15) is 9.82 Å². The van der Waals surface area contributed by atoms with Crippen LogP contribution in [0.1, 0.15) is 11.1 Å². The summed E-state index contributed by atoms with van der Waals surface area (Å²) in [5, 5.41) is 14.8. The van der Waals surface area contributed by atoms with Crippen molar-refractivity contribution in [3.63, 3.8) is 0 Å². The molecule has 0 unspecified atom stereocenters. The molecule has 0 aliphatic rings. The quantitative estimate of drug-likeness (QED) is 0.164. The van der Waals surface area contributed by atoms with E-state index in [1.807, 2.05) is 6.07 Å².